The van der Waals surface area contributed by atoms with E-state index in [1.807, 2.05) is 0 Å². The number of nitrogens with one attached hydrogen (secondary N) is 2. The molecule has 0 aliphatic carbocycles. The van der Waals surface area contributed by atoms with Crippen LogP contribution in [0.4, 0.5) is 13.2 Å². The average Bonchev–Trinajstić information content (AvgIpc) is 2.64. The van der Waals surface area contributed by atoms with Gasteiger partial charge in [0.2, 0.25) is 5.91 Å². The molecule has 0 saturated carbocycles. The Labute approximate surface area is 154 Å². The molecule has 0 bridgehead atoms. The third kappa shape index (κ3) is 7.01. The summed E-state index contributed by atoms with van der Waals surface area (Å²) in [6.45, 7) is 0.482. The fourth-order valence-electron chi connectivity index (χ4n) is 2.17. The zero-order valence-corrected chi connectivity index (χ0v) is 14.4. The van der Waals surface area contributed by atoms with Crippen LogP contribution < -0.4 is 15.4 Å². The standard InChI is InChI=1S/C19H19F3N2O3/c20-13-3-6-15(7-4-13)27-10-2-1-9-23-18(25)12-24-19(26)16-8-5-14(21)11-17(16)22/h3-8,11H,1-2,9-10,12H2,(H,23,25)(H,24,26). The summed E-state index contributed by atoms with van der Waals surface area (Å²) < 4.78 is 44.4. The molecule has 0 aliphatic heterocycles. The average molecular weight is 380 g/mol. The predicted octanol–water partition coefficient (Wildman–Crippen LogP) is 2.81. The highest BCUT2D eigenvalue weighted by Crippen LogP contribution is 2.11. The number of halogens is 3. The monoisotopic (exact) mass is 380 g/mol. The van der Waals surface area contributed by atoms with Crippen LogP contribution in [0.5, 0.6) is 5.75 Å². The summed E-state index contributed by atoms with van der Waals surface area (Å²) >= 11 is 0. The first kappa shape index (κ1) is 20.3. The minimum atomic E-state index is -0.992. The second kappa shape index (κ2) is 10.2. The summed E-state index contributed by atoms with van der Waals surface area (Å²) in [5.74, 6) is -2.77. The van der Waals surface area contributed by atoms with Crippen LogP contribution in [0.3, 0.4) is 0 Å². The Hall–Kier alpha value is -3.03. The molecule has 2 amide bonds. The molecule has 0 aromatic heterocycles. The van der Waals surface area contributed by atoms with E-state index in [1.165, 1.54) is 24.3 Å². The number of carbonyl (C=O) groups is 2. The molecule has 2 aromatic rings. The molecule has 27 heavy (non-hydrogen) atoms. The maximum Gasteiger partial charge on any atom is 0.254 e. The van der Waals surface area contributed by atoms with Crippen molar-refractivity contribution in [3.63, 3.8) is 0 Å². The van der Waals surface area contributed by atoms with Gasteiger partial charge in [0.25, 0.3) is 5.91 Å². The van der Waals surface area contributed by atoms with Crippen LogP contribution in [-0.2, 0) is 4.79 Å². The van der Waals surface area contributed by atoms with Gasteiger partial charge in [0.05, 0.1) is 18.7 Å². The second-order valence-corrected chi connectivity index (χ2v) is 5.67. The highest BCUT2D eigenvalue weighted by molar-refractivity contribution is 5.96. The lowest BCUT2D eigenvalue weighted by molar-refractivity contribution is -0.120. The van der Waals surface area contributed by atoms with Crippen LogP contribution >= 0.6 is 0 Å². The van der Waals surface area contributed by atoms with Gasteiger partial charge in [-0.05, 0) is 49.2 Å². The number of ether oxygens (including phenoxy) is 1. The van der Waals surface area contributed by atoms with Crippen LogP contribution in [0.1, 0.15) is 23.2 Å². The number of unbranched alkanes of at least 4 members (excludes halogenated alkanes) is 1. The van der Waals surface area contributed by atoms with Crippen molar-refractivity contribution in [1.29, 1.82) is 0 Å². The van der Waals surface area contributed by atoms with Crippen LogP contribution in [0.25, 0.3) is 0 Å². The van der Waals surface area contributed by atoms with Crippen LogP contribution in [0, 0.1) is 17.5 Å². The minimum absolute atomic E-state index is 0.318. The first-order valence-corrected chi connectivity index (χ1v) is 8.34. The summed E-state index contributed by atoms with van der Waals surface area (Å²) in [4.78, 5) is 23.4. The summed E-state index contributed by atoms with van der Waals surface area (Å²) in [5, 5.41) is 4.88. The summed E-state index contributed by atoms with van der Waals surface area (Å²) in [6, 6.07) is 8.25. The first-order valence-electron chi connectivity index (χ1n) is 8.34. The molecule has 0 atom stereocenters. The molecule has 0 fully saturated rings. The molecule has 0 saturated heterocycles. The number of carbonyl (C=O) groups excluding carboxylic acids is 2. The fourth-order valence-corrected chi connectivity index (χ4v) is 2.17. The van der Waals surface area contributed by atoms with Crippen molar-refractivity contribution >= 4 is 11.8 Å². The molecule has 0 aliphatic rings. The van der Waals surface area contributed by atoms with E-state index < -0.39 is 23.4 Å². The first-order chi connectivity index (χ1) is 13.0. The number of hydrogen-bond acceptors (Lipinski definition) is 3. The van der Waals surface area contributed by atoms with E-state index in [9.17, 15) is 22.8 Å². The lowest BCUT2D eigenvalue weighted by atomic mass is 10.2. The maximum atomic E-state index is 13.5. The van der Waals surface area contributed by atoms with E-state index in [1.54, 1.807) is 0 Å². The predicted molar refractivity (Wildman–Crippen MR) is 92.8 cm³/mol. The molecule has 2 N–H and O–H groups in total. The van der Waals surface area contributed by atoms with Gasteiger partial charge < -0.3 is 15.4 Å². The van der Waals surface area contributed by atoms with Crippen molar-refractivity contribution in [2.24, 2.45) is 0 Å². The third-order valence-electron chi connectivity index (χ3n) is 3.56. The number of amides is 2. The minimum Gasteiger partial charge on any atom is -0.494 e. The molecule has 0 heterocycles. The van der Waals surface area contributed by atoms with Crippen LogP contribution in [-0.4, -0.2) is 31.5 Å². The van der Waals surface area contributed by atoms with Gasteiger partial charge in [0.15, 0.2) is 0 Å². The van der Waals surface area contributed by atoms with E-state index >= 15 is 0 Å². The van der Waals surface area contributed by atoms with Crippen molar-refractivity contribution in [2.75, 3.05) is 19.7 Å². The summed E-state index contributed by atoms with van der Waals surface area (Å²) in [7, 11) is 0. The van der Waals surface area contributed by atoms with Crippen molar-refractivity contribution < 1.29 is 27.5 Å². The quantitative estimate of drug-likeness (QED) is 0.658. The van der Waals surface area contributed by atoms with E-state index in [4.69, 9.17) is 4.74 Å². The Kier molecular flexibility index (Phi) is 7.66. The molecule has 144 valence electrons. The van der Waals surface area contributed by atoms with Crippen molar-refractivity contribution in [3.8, 4) is 5.75 Å². The fraction of sp³-hybridized carbons (Fsp3) is 0.263. The van der Waals surface area contributed by atoms with Crippen molar-refractivity contribution in [2.45, 2.75) is 12.8 Å². The molecule has 5 nitrogen and oxygen atoms in total. The molecular formula is C19H19F3N2O3. The van der Waals surface area contributed by atoms with E-state index in [0.717, 1.165) is 12.1 Å². The van der Waals surface area contributed by atoms with Crippen molar-refractivity contribution in [3.05, 3.63) is 65.5 Å². The smallest absolute Gasteiger partial charge is 0.254 e. The molecule has 0 unspecified atom stereocenters. The van der Waals surface area contributed by atoms with Gasteiger partial charge in [-0.1, -0.05) is 0 Å². The van der Waals surface area contributed by atoms with E-state index in [-0.39, 0.29) is 17.9 Å². The van der Waals surface area contributed by atoms with Crippen LogP contribution in [0.2, 0.25) is 0 Å². The topological polar surface area (TPSA) is 67.4 Å². The lowest BCUT2D eigenvalue weighted by Crippen LogP contribution is -2.37. The normalized spacial score (nSPS) is 10.3. The zero-order chi connectivity index (χ0) is 19.6. The van der Waals surface area contributed by atoms with Crippen molar-refractivity contribution in [1.82, 2.24) is 10.6 Å². The largest absolute Gasteiger partial charge is 0.494 e. The molecule has 0 radical (unpaired) electrons. The van der Waals surface area contributed by atoms with Crippen LogP contribution in [0.15, 0.2) is 42.5 Å². The SMILES string of the molecule is O=C(CNC(=O)c1ccc(F)cc1F)NCCCCOc1ccc(F)cc1. The Balaban J connectivity index is 1.58. The number of benzene rings is 2. The van der Waals surface area contributed by atoms with E-state index in [2.05, 4.69) is 10.6 Å². The third-order valence-corrected chi connectivity index (χ3v) is 3.56. The highest BCUT2D eigenvalue weighted by Gasteiger charge is 2.13. The highest BCUT2D eigenvalue weighted by atomic mass is 19.1. The summed E-state index contributed by atoms with van der Waals surface area (Å²) in [5.41, 5.74) is -0.331. The summed E-state index contributed by atoms with van der Waals surface area (Å²) in [6.07, 6.45) is 1.32. The zero-order valence-electron chi connectivity index (χ0n) is 14.4. The molecule has 2 aromatic carbocycles. The Morgan fingerprint density at radius 3 is 2.30 bits per heavy atom. The molecular weight excluding hydrogens is 361 g/mol. The van der Waals surface area contributed by atoms with E-state index in [0.29, 0.717) is 37.8 Å². The molecule has 2 rings (SSSR count). The Morgan fingerprint density at radius 1 is 0.889 bits per heavy atom. The van der Waals surface area contributed by atoms with Gasteiger partial charge in [-0.3, -0.25) is 9.59 Å². The lowest BCUT2D eigenvalue weighted by Gasteiger charge is -2.08. The molecule has 8 heteroatoms. The molecule has 0 spiro atoms. The van der Waals surface area contributed by atoms with Gasteiger partial charge >= 0.3 is 0 Å². The maximum absolute atomic E-state index is 13.5. The number of hydrogen-bond donors (Lipinski definition) is 2. The van der Waals surface area contributed by atoms with Gasteiger partial charge in [0.1, 0.15) is 23.2 Å². The Morgan fingerprint density at radius 2 is 1.59 bits per heavy atom. The number of rotatable bonds is 9. The van der Waals surface area contributed by atoms with Gasteiger partial charge in [-0.15, -0.1) is 0 Å². The second-order valence-electron chi connectivity index (χ2n) is 5.67. The van der Waals surface area contributed by atoms with Gasteiger partial charge in [-0.25, -0.2) is 13.2 Å². The van der Waals surface area contributed by atoms with Gasteiger partial charge in [-0.2, -0.15) is 0 Å². The Bertz CT molecular complexity index is 782. The van der Waals surface area contributed by atoms with Gasteiger partial charge in [0, 0.05) is 12.6 Å².